The smallest absolute Gasteiger partial charge is 0.161 e. The highest BCUT2D eigenvalue weighted by Gasteiger charge is 2.31. The van der Waals surface area contributed by atoms with E-state index in [-0.39, 0.29) is 0 Å². The molecule has 5 heteroatoms. The number of aromatic nitrogens is 2. The molecule has 0 radical (unpaired) electrons. The molecule has 0 unspecified atom stereocenters. The van der Waals surface area contributed by atoms with Crippen molar-refractivity contribution in [3.05, 3.63) is 29.6 Å². The lowest BCUT2D eigenvalue weighted by atomic mass is 9.91. The highest BCUT2D eigenvalue weighted by molar-refractivity contribution is 5.75. The summed E-state index contributed by atoms with van der Waals surface area (Å²) >= 11 is 0. The minimum absolute atomic E-state index is 0.433. The highest BCUT2D eigenvalue weighted by Crippen LogP contribution is 2.33. The molecule has 1 aromatic heterocycles. The zero-order valence-electron chi connectivity index (χ0n) is 10.7. The molecule has 1 aliphatic rings. The summed E-state index contributed by atoms with van der Waals surface area (Å²) in [5, 5.41) is 0. The number of rotatable bonds is 1. The lowest BCUT2D eigenvalue weighted by molar-refractivity contribution is 0.366. The average molecular weight is 265 g/mol. The first kappa shape index (κ1) is 12.5. The van der Waals surface area contributed by atoms with E-state index in [9.17, 15) is 8.78 Å². The zero-order valence-corrected chi connectivity index (χ0v) is 10.7. The lowest BCUT2D eigenvalue weighted by Gasteiger charge is -2.25. The number of aromatic amines is 1. The van der Waals surface area contributed by atoms with Crippen LogP contribution in [0.2, 0.25) is 0 Å². The minimum atomic E-state index is -0.877. The highest BCUT2D eigenvalue weighted by atomic mass is 19.2. The van der Waals surface area contributed by atoms with Gasteiger partial charge in [-0.05, 0) is 12.8 Å². The summed E-state index contributed by atoms with van der Waals surface area (Å²) < 4.78 is 26.4. The van der Waals surface area contributed by atoms with E-state index in [1.165, 1.54) is 12.8 Å². The number of hydrogen-bond donors (Lipinski definition) is 2. The summed E-state index contributed by atoms with van der Waals surface area (Å²) in [5.41, 5.74) is 6.88. The Kier molecular flexibility index (Phi) is 3.01. The molecule has 1 fully saturated rings. The molecule has 3 N–H and O–H groups in total. The van der Waals surface area contributed by atoms with E-state index in [1.54, 1.807) is 0 Å². The fourth-order valence-corrected chi connectivity index (χ4v) is 2.84. The number of imidazole rings is 1. The van der Waals surface area contributed by atoms with Crippen LogP contribution in [0.1, 0.15) is 44.3 Å². The first-order valence-electron chi connectivity index (χ1n) is 6.73. The van der Waals surface area contributed by atoms with Crippen LogP contribution in [0.3, 0.4) is 0 Å². The quantitative estimate of drug-likeness (QED) is 0.777. The molecule has 0 saturated heterocycles. The first-order chi connectivity index (χ1) is 9.08. The molecule has 102 valence electrons. The molecular weight excluding hydrogens is 248 g/mol. The number of H-pyrrole nitrogens is 1. The van der Waals surface area contributed by atoms with Crippen molar-refractivity contribution in [2.45, 2.75) is 44.1 Å². The zero-order chi connectivity index (χ0) is 13.5. The van der Waals surface area contributed by atoms with Gasteiger partial charge in [0.15, 0.2) is 11.6 Å². The van der Waals surface area contributed by atoms with Crippen molar-refractivity contribution < 1.29 is 8.78 Å². The molecule has 19 heavy (non-hydrogen) atoms. The number of benzene rings is 1. The Hall–Kier alpha value is -1.49. The molecule has 1 aromatic carbocycles. The molecule has 3 rings (SSSR count). The van der Waals surface area contributed by atoms with Gasteiger partial charge < -0.3 is 10.7 Å². The number of nitrogens with one attached hydrogen (secondary N) is 1. The van der Waals surface area contributed by atoms with Crippen LogP contribution < -0.4 is 5.73 Å². The second kappa shape index (κ2) is 4.56. The molecule has 0 bridgehead atoms. The Labute approximate surface area is 110 Å². The molecule has 1 heterocycles. The van der Waals surface area contributed by atoms with Gasteiger partial charge in [-0.1, -0.05) is 25.7 Å². The minimum Gasteiger partial charge on any atom is -0.340 e. The van der Waals surface area contributed by atoms with Gasteiger partial charge in [-0.3, -0.25) is 0 Å². The van der Waals surface area contributed by atoms with Crippen molar-refractivity contribution in [1.29, 1.82) is 0 Å². The van der Waals surface area contributed by atoms with E-state index in [4.69, 9.17) is 5.73 Å². The average Bonchev–Trinajstić information content (AvgIpc) is 2.64. The third kappa shape index (κ3) is 2.23. The Balaban J connectivity index is 2.04. The van der Waals surface area contributed by atoms with Crippen molar-refractivity contribution in [1.82, 2.24) is 9.97 Å². The fraction of sp³-hybridized carbons (Fsp3) is 0.500. The molecule has 0 aliphatic heterocycles. The molecule has 2 aromatic rings. The van der Waals surface area contributed by atoms with Gasteiger partial charge in [0.05, 0.1) is 16.6 Å². The maximum Gasteiger partial charge on any atom is 0.161 e. The van der Waals surface area contributed by atoms with Crippen molar-refractivity contribution in [3.63, 3.8) is 0 Å². The van der Waals surface area contributed by atoms with Crippen LogP contribution in [0.15, 0.2) is 12.1 Å². The van der Waals surface area contributed by atoms with Crippen LogP contribution in [0.25, 0.3) is 11.0 Å². The maximum atomic E-state index is 13.2. The van der Waals surface area contributed by atoms with Crippen LogP contribution in [-0.2, 0) is 5.54 Å². The predicted molar refractivity (Wildman–Crippen MR) is 69.6 cm³/mol. The number of nitrogens with zero attached hydrogens (tertiary/aromatic N) is 1. The van der Waals surface area contributed by atoms with E-state index in [2.05, 4.69) is 9.97 Å². The Morgan fingerprint density at radius 1 is 1.05 bits per heavy atom. The van der Waals surface area contributed by atoms with Gasteiger partial charge in [0.2, 0.25) is 0 Å². The Morgan fingerprint density at radius 3 is 2.37 bits per heavy atom. The van der Waals surface area contributed by atoms with Gasteiger partial charge in [0, 0.05) is 12.1 Å². The van der Waals surface area contributed by atoms with Crippen molar-refractivity contribution in [2.75, 3.05) is 0 Å². The molecule has 0 spiro atoms. The summed E-state index contributed by atoms with van der Waals surface area (Å²) in [4.78, 5) is 7.42. The topological polar surface area (TPSA) is 54.7 Å². The summed E-state index contributed by atoms with van der Waals surface area (Å²) in [6.45, 7) is 0. The molecule has 1 aliphatic carbocycles. The number of nitrogens with two attached hydrogens (primary N) is 1. The van der Waals surface area contributed by atoms with Gasteiger partial charge in [-0.2, -0.15) is 0 Å². The number of hydrogen-bond acceptors (Lipinski definition) is 2. The molecule has 3 nitrogen and oxygen atoms in total. The third-order valence-corrected chi connectivity index (χ3v) is 3.99. The van der Waals surface area contributed by atoms with E-state index in [0.717, 1.165) is 37.8 Å². The van der Waals surface area contributed by atoms with Gasteiger partial charge in [-0.25, -0.2) is 13.8 Å². The third-order valence-electron chi connectivity index (χ3n) is 3.99. The van der Waals surface area contributed by atoms with Gasteiger partial charge in [0.1, 0.15) is 5.82 Å². The van der Waals surface area contributed by atoms with E-state index in [1.807, 2.05) is 0 Å². The Bertz CT molecular complexity index is 559. The molecular formula is C14H17F2N3. The summed E-state index contributed by atoms with van der Waals surface area (Å²) in [6, 6.07) is 2.26. The maximum absolute atomic E-state index is 13.2. The predicted octanol–water partition coefficient (Wildman–Crippen LogP) is 3.35. The van der Waals surface area contributed by atoms with E-state index in [0.29, 0.717) is 16.9 Å². The van der Waals surface area contributed by atoms with Crippen molar-refractivity contribution >= 4 is 11.0 Å². The summed E-state index contributed by atoms with van der Waals surface area (Å²) in [5.74, 6) is -1.10. The SMILES string of the molecule is NC1(c2nc3cc(F)c(F)cc3[nH]2)CCCCCC1. The van der Waals surface area contributed by atoms with Gasteiger partial charge >= 0.3 is 0 Å². The molecule has 1 saturated carbocycles. The van der Waals surface area contributed by atoms with Crippen LogP contribution in [0.5, 0.6) is 0 Å². The second-order valence-corrected chi connectivity index (χ2v) is 5.44. The van der Waals surface area contributed by atoms with Crippen LogP contribution >= 0.6 is 0 Å². The normalized spacial score (nSPS) is 19.5. The molecule has 0 amide bonds. The van der Waals surface area contributed by atoms with Gasteiger partial charge in [0.25, 0.3) is 0 Å². The van der Waals surface area contributed by atoms with Crippen molar-refractivity contribution in [2.24, 2.45) is 5.73 Å². The summed E-state index contributed by atoms with van der Waals surface area (Å²) in [7, 11) is 0. The largest absolute Gasteiger partial charge is 0.340 e. The monoisotopic (exact) mass is 265 g/mol. The second-order valence-electron chi connectivity index (χ2n) is 5.44. The number of fused-ring (bicyclic) bond motifs is 1. The van der Waals surface area contributed by atoms with E-state index >= 15 is 0 Å². The van der Waals surface area contributed by atoms with Crippen LogP contribution in [-0.4, -0.2) is 9.97 Å². The fourth-order valence-electron chi connectivity index (χ4n) is 2.84. The summed E-state index contributed by atoms with van der Waals surface area (Å²) in [6.07, 6.45) is 6.22. The molecule has 0 atom stereocenters. The van der Waals surface area contributed by atoms with Crippen LogP contribution in [0.4, 0.5) is 8.78 Å². The first-order valence-corrected chi connectivity index (χ1v) is 6.73. The van der Waals surface area contributed by atoms with E-state index < -0.39 is 17.2 Å². The van der Waals surface area contributed by atoms with Gasteiger partial charge in [-0.15, -0.1) is 0 Å². The lowest BCUT2D eigenvalue weighted by Crippen LogP contribution is -2.37. The number of halogens is 2. The Morgan fingerprint density at radius 2 is 1.68 bits per heavy atom. The standard InChI is InChI=1S/C14H17F2N3/c15-9-7-11-12(8-10(9)16)19-13(18-11)14(17)5-3-1-2-4-6-14/h7-8H,1-6,17H2,(H,18,19). The van der Waals surface area contributed by atoms with Crippen molar-refractivity contribution in [3.8, 4) is 0 Å². The van der Waals surface area contributed by atoms with Crippen LogP contribution in [0, 0.1) is 11.6 Å².